The van der Waals surface area contributed by atoms with Gasteiger partial charge in [0.25, 0.3) is 11.6 Å². The number of amides is 3. The number of nitro groups is 1. The van der Waals surface area contributed by atoms with E-state index in [1.54, 1.807) is 12.1 Å². The Balaban J connectivity index is 1.49. The zero-order valence-electron chi connectivity index (χ0n) is 17.5. The lowest BCUT2D eigenvalue weighted by Crippen LogP contribution is -2.40. The molecule has 10 nitrogen and oxygen atoms in total. The smallest absolute Gasteiger partial charge is 0.387 e. The van der Waals surface area contributed by atoms with Gasteiger partial charge < -0.3 is 14.5 Å². The molecule has 3 amide bonds. The van der Waals surface area contributed by atoms with Gasteiger partial charge in [0.2, 0.25) is 0 Å². The second-order valence-electron chi connectivity index (χ2n) is 7.33. The third-order valence-electron chi connectivity index (χ3n) is 5.12. The molecule has 1 N–H and O–H groups in total. The van der Waals surface area contributed by atoms with Gasteiger partial charge in [0, 0.05) is 17.7 Å². The molecule has 1 aliphatic rings. The van der Waals surface area contributed by atoms with Crippen LogP contribution < -0.4 is 10.1 Å². The molecule has 1 aliphatic heterocycles. The minimum atomic E-state index is -2.98. The third kappa shape index (κ3) is 4.33. The number of carbonyl (C=O) groups excluding carboxylic acids is 2. The third-order valence-corrected chi connectivity index (χ3v) is 5.12. The molecule has 1 aromatic heterocycles. The Bertz CT molecular complexity index is 1270. The number of alkyl halides is 2. The maximum Gasteiger partial charge on any atom is 0.387 e. The molecule has 0 radical (unpaired) electrons. The van der Waals surface area contributed by atoms with E-state index in [1.165, 1.54) is 61.7 Å². The molecule has 0 saturated carbocycles. The maximum absolute atomic E-state index is 12.9. The number of hydrogen-bond donors (Lipinski definition) is 1. The lowest BCUT2D eigenvalue weighted by atomic mass is 9.92. The summed E-state index contributed by atoms with van der Waals surface area (Å²) in [6, 6.07) is 13.4. The quantitative estimate of drug-likeness (QED) is 0.238. The Hall–Kier alpha value is -4.61. The van der Waals surface area contributed by atoms with E-state index in [-0.39, 0.29) is 17.2 Å². The van der Waals surface area contributed by atoms with Gasteiger partial charge in [-0.05, 0) is 48.9 Å². The van der Waals surface area contributed by atoms with Crippen LogP contribution in [0.25, 0.3) is 11.3 Å². The predicted molar refractivity (Wildman–Crippen MR) is 114 cm³/mol. The van der Waals surface area contributed by atoms with Gasteiger partial charge in [-0.15, -0.1) is 5.01 Å². The van der Waals surface area contributed by atoms with Gasteiger partial charge in [-0.25, -0.2) is 4.79 Å². The second-order valence-corrected chi connectivity index (χ2v) is 7.33. The zero-order valence-corrected chi connectivity index (χ0v) is 17.5. The van der Waals surface area contributed by atoms with Crippen molar-refractivity contribution in [3.63, 3.8) is 0 Å². The van der Waals surface area contributed by atoms with E-state index in [0.29, 0.717) is 21.9 Å². The summed E-state index contributed by atoms with van der Waals surface area (Å²) in [6.45, 7) is -1.52. The fourth-order valence-corrected chi connectivity index (χ4v) is 3.33. The molecule has 2 aromatic carbocycles. The summed E-state index contributed by atoms with van der Waals surface area (Å²) in [5.74, 6) is -0.130. The van der Waals surface area contributed by atoms with E-state index >= 15 is 0 Å². The average Bonchev–Trinajstić information content (AvgIpc) is 3.36. The Kier molecular flexibility index (Phi) is 5.80. The molecule has 1 atom stereocenters. The van der Waals surface area contributed by atoms with E-state index in [2.05, 4.69) is 15.2 Å². The molecule has 4 rings (SSSR count). The highest BCUT2D eigenvalue weighted by Crippen LogP contribution is 2.31. The van der Waals surface area contributed by atoms with Crippen molar-refractivity contribution in [2.75, 3.05) is 0 Å². The van der Waals surface area contributed by atoms with Gasteiger partial charge in [-0.2, -0.15) is 13.9 Å². The first kappa shape index (κ1) is 22.6. The first-order chi connectivity index (χ1) is 16.2. The summed E-state index contributed by atoms with van der Waals surface area (Å²) < 4.78 is 34.6. The van der Waals surface area contributed by atoms with Gasteiger partial charge in [-0.1, -0.05) is 12.1 Å². The van der Waals surface area contributed by atoms with E-state index in [9.17, 15) is 28.5 Å². The van der Waals surface area contributed by atoms with Crippen molar-refractivity contribution in [2.24, 2.45) is 5.10 Å². The molecular weight excluding hydrogens is 454 g/mol. The molecule has 2 heterocycles. The predicted octanol–water partition coefficient (Wildman–Crippen LogP) is 4.26. The van der Waals surface area contributed by atoms with Crippen LogP contribution in [0.5, 0.6) is 5.75 Å². The fraction of sp³-hybridized carbons (Fsp3) is 0.136. The van der Waals surface area contributed by atoms with Gasteiger partial charge in [-0.3, -0.25) is 14.9 Å². The molecule has 1 fully saturated rings. The number of urea groups is 1. The highest BCUT2D eigenvalue weighted by molar-refractivity contribution is 6.07. The summed E-state index contributed by atoms with van der Waals surface area (Å²) in [4.78, 5) is 35.6. The molecule has 0 aliphatic carbocycles. The molecule has 34 heavy (non-hydrogen) atoms. The number of halogens is 2. The molecule has 0 unspecified atom stereocenters. The van der Waals surface area contributed by atoms with Crippen molar-refractivity contribution >= 4 is 23.8 Å². The van der Waals surface area contributed by atoms with Crippen LogP contribution in [-0.4, -0.2) is 34.7 Å². The van der Waals surface area contributed by atoms with Crippen LogP contribution in [0, 0.1) is 10.1 Å². The normalized spacial score (nSPS) is 18.1. The van der Waals surface area contributed by atoms with Gasteiger partial charge in [0.05, 0.1) is 11.1 Å². The van der Waals surface area contributed by atoms with Crippen LogP contribution in [-0.2, 0) is 10.3 Å². The summed E-state index contributed by atoms with van der Waals surface area (Å²) in [5.41, 5.74) is -0.587. The number of non-ortho nitro benzene ring substituents is 1. The zero-order chi connectivity index (χ0) is 24.5. The minimum Gasteiger partial charge on any atom is -0.455 e. The van der Waals surface area contributed by atoms with Crippen molar-refractivity contribution in [1.82, 2.24) is 10.3 Å². The van der Waals surface area contributed by atoms with Gasteiger partial charge in [0.1, 0.15) is 22.8 Å². The number of benzene rings is 2. The number of nitrogens with zero attached hydrogens (tertiary/aromatic N) is 3. The van der Waals surface area contributed by atoms with Crippen LogP contribution in [0.3, 0.4) is 0 Å². The molecule has 0 spiro atoms. The van der Waals surface area contributed by atoms with Gasteiger partial charge in [0.15, 0.2) is 0 Å². The fourth-order valence-electron chi connectivity index (χ4n) is 3.33. The number of furan rings is 1. The lowest BCUT2D eigenvalue weighted by molar-refractivity contribution is -0.384. The first-order valence-corrected chi connectivity index (χ1v) is 9.78. The Morgan fingerprint density at radius 2 is 1.79 bits per heavy atom. The summed E-state index contributed by atoms with van der Waals surface area (Å²) in [6.07, 6.45) is 1.18. The first-order valence-electron chi connectivity index (χ1n) is 9.78. The number of imide groups is 1. The second kappa shape index (κ2) is 8.73. The Morgan fingerprint density at radius 1 is 1.12 bits per heavy atom. The number of hydrazone groups is 1. The minimum absolute atomic E-state index is 0.0603. The number of carbonyl (C=O) groups is 2. The molecule has 3 aromatic rings. The monoisotopic (exact) mass is 470 g/mol. The van der Waals surface area contributed by atoms with E-state index in [4.69, 9.17) is 4.42 Å². The largest absolute Gasteiger partial charge is 0.455 e. The van der Waals surface area contributed by atoms with Gasteiger partial charge >= 0.3 is 12.6 Å². The highest BCUT2D eigenvalue weighted by atomic mass is 19.3. The highest BCUT2D eigenvalue weighted by Gasteiger charge is 2.49. The molecule has 1 saturated heterocycles. The Labute approximate surface area is 190 Å². The summed E-state index contributed by atoms with van der Waals surface area (Å²) in [5, 5.41) is 17.9. The number of rotatable bonds is 7. The number of nitrogens with one attached hydrogen (secondary N) is 1. The topological polar surface area (TPSA) is 127 Å². The van der Waals surface area contributed by atoms with Crippen molar-refractivity contribution in [3.05, 3.63) is 82.1 Å². The molecule has 174 valence electrons. The number of ether oxygens (including phenoxy) is 1. The van der Waals surface area contributed by atoms with Crippen LogP contribution in [0.15, 0.2) is 70.2 Å². The van der Waals surface area contributed by atoms with Crippen LogP contribution >= 0.6 is 0 Å². The SMILES string of the molecule is C[C@@]1(c2ccc(OC(F)F)cc2)NC(=O)N(/N=C\c2ccc(-c3ccc([N+](=O)[O-])cc3)o2)C1=O. The van der Waals surface area contributed by atoms with Crippen LogP contribution in [0.1, 0.15) is 18.2 Å². The maximum atomic E-state index is 12.9. The summed E-state index contributed by atoms with van der Waals surface area (Å²) in [7, 11) is 0. The van der Waals surface area contributed by atoms with Crippen LogP contribution in [0.2, 0.25) is 0 Å². The van der Waals surface area contributed by atoms with E-state index < -0.39 is 29.0 Å². The standard InChI is InChI=1S/C22H16F2N4O6/c1-22(14-4-8-16(9-5-14)34-20(23)24)19(29)27(21(30)26-22)25-12-17-10-11-18(33-17)13-2-6-15(7-3-13)28(31)32/h2-12,20H,1H3,(H,26,30)/b25-12-/t22-/m0/s1. The van der Waals surface area contributed by atoms with Crippen molar-refractivity contribution in [2.45, 2.75) is 19.1 Å². The van der Waals surface area contributed by atoms with E-state index in [1.807, 2.05) is 0 Å². The average molecular weight is 470 g/mol. The van der Waals surface area contributed by atoms with Crippen LogP contribution in [0.4, 0.5) is 19.3 Å². The molecule has 0 bridgehead atoms. The lowest BCUT2D eigenvalue weighted by Gasteiger charge is -2.21. The Morgan fingerprint density at radius 3 is 2.41 bits per heavy atom. The van der Waals surface area contributed by atoms with E-state index in [0.717, 1.165) is 0 Å². The molecule has 12 heteroatoms. The van der Waals surface area contributed by atoms with Crippen molar-refractivity contribution in [1.29, 1.82) is 0 Å². The summed E-state index contributed by atoms with van der Waals surface area (Å²) >= 11 is 0. The van der Waals surface area contributed by atoms with Crippen molar-refractivity contribution < 1.29 is 32.4 Å². The van der Waals surface area contributed by atoms with Crippen molar-refractivity contribution in [3.8, 4) is 17.1 Å². The molecular formula is C22H16F2N4O6. The number of nitro benzene ring substituents is 1. The number of hydrogen-bond acceptors (Lipinski definition) is 7.